The first-order valence-electron chi connectivity index (χ1n) is 5.74. The highest BCUT2D eigenvalue weighted by Crippen LogP contribution is 2.28. The fourth-order valence-corrected chi connectivity index (χ4v) is 3.08. The number of hydrogen-bond acceptors (Lipinski definition) is 6. The molecule has 0 spiro atoms. The smallest absolute Gasteiger partial charge is 0.258 e. The van der Waals surface area contributed by atoms with Crippen LogP contribution in [0.15, 0.2) is 17.0 Å². The molecule has 1 N–H and O–H groups in total. The van der Waals surface area contributed by atoms with Crippen LogP contribution in [0.2, 0.25) is 5.02 Å². The van der Waals surface area contributed by atoms with Crippen molar-refractivity contribution in [2.45, 2.75) is 11.8 Å². The highest BCUT2D eigenvalue weighted by molar-refractivity contribution is 7.90. The van der Waals surface area contributed by atoms with Gasteiger partial charge in [-0.2, -0.15) is 0 Å². The van der Waals surface area contributed by atoms with Crippen molar-refractivity contribution < 1.29 is 13.2 Å². The molecule has 0 fully saturated rings. The van der Waals surface area contributed by atoms with Gasteiger partial charge in [-0.1, -0.05) is 16.7 Å². The van der Waals surface area contributed by atoms with Crippen molar-refractivity contribution in [3.63, 3.8) is 0 Å². The number of amides is 1. The van der Waals surface area contributed by atoms with Gasteiger partial charge in [-0.25, -0.2) is 13.1 Å². The van der Waals surface area contributed by atoms with Crippen molar-refractivity contribution in [1.29, 1.82) is 0 Å². The lowest BCUT2D eigenvalue weighted by molar-refractivity contribution is 0.102. The Morgan fingerprint density at radius 2 is 2.05 bits per heavy atom. The van der Waals surface area contributed by atoms with Crippen LogP contribution in [-0.2, 0) is 16.9 Å². The lowest BCUT2D eigenvalue weighted by Crippen LogP contribution is -2.17. The van der Waals surface area contributed by atoms with Gasteiger partial charge in [0.2, 0.25) is 5.95 Å². The summed E-state index contributed by atoms with van der Waals surface area (Å²) >= 11 is 6.04. The summed E-state index contributed by atoms with van der Waals surface area (Å²) in [6.45, 7) is 1.57. The number of carbonyl (C=O) groups is 1. The van der Waals surface area contributed by atoms with Gasteiger partial charge in [0.1, 0.15) is 0 Å². The number of sulfone groups is 1. The maximum atomic E-state index is 12.2. The Labute approximate surface area is 126 Å². The first kappa shape index (κ1) is 15.4. The quantitative estimate of drug-likeness (QED) is 0.893. The van der Waals surface area contributed by atoms with Crippen molar-refractivity contribution in [3.8, 4) is 0 Å². The molecule has 2 aromatic rings. The van der Waals surface area contributed by atoms with Crippen LogP contribution >= 0.6 is 11.6 Å². The van der Waals surface area contributed by atoms with Gasteiger partial charge in [-0.05, 0) is 35.0 Å². The zero-order valence-electron chi connectivity index (χ0n) is 11.5. The number of nitrogens with one attached hydrogen (secondary N) is 1. The van der Waals surface area contributed by atoms with Gasteiger partial charge in [0, 0.05) is 18.9 Å². The number of halogens is 1. The minimum atomic E-state index is -3.46. The molecule has 0 radical (unpaired) electrons. The van der Waals surface area contributed by atoms with E-state index in [4.69, 9.17) is 11.6 Å². The minimum absolute atomic E-state index is 0.0152. The Kier molecular flexibility index (Phi) is 3.97. The van der Waals surface area contributed by atoms with Crippen LogP contribution in [0.5, 0.6) is 0 Å². The first-order valence-corrected chi connectivity index (χ1v) is 8.01. The highest BCUT2D eigenvalue weighted by Gasteiger charge is 2.20. The molecule has 1 aromatic heterocycles. The van der Waals surface area contributed by atoms with Crippen LogP contribution < -0.4 is 5.32 Å². The first-order chi connectivity index (χ1) is 9.71. The number of rotatable bonds is 3. The predicted octanol–water partition coefficient (Wildman–Crippen LogP) is 0.828. The summed E-state index contributed by atoms with van der Waals surface area (Å²) in [5.41, 5.74) is 0.614. The largest absolute Gasteiger partial charge is 0.289 e. The van der Waals surface area contributed by atoms with E-state index in [9.17, 15) is 13.2 Å². The average molecular weight is 330 g/mol. The molecule has 21 heavy (non-hydrogen) atoms. The lowest BCUT2D eigenvalue weighted by Gasteiger charge is -2.10. The normalized spacial score (nSPS) is 11.4. The molecule has 0 bridgehead atoms. The summed E-state index contributed by atoms with van der Waals surface area (Å²) in [6, 6.07) is 2.70. The molecule has 0 saturated carbocycles. The van der Waals surface area contributed by atoms with Crippen LogP contribution in [0.3, 0.4) is 0 Å². The van der Waals surface area contributed by atoms with Crippen LogP contribution in [0, 0.1) is 6.92 Å². The van der Waals surface area contributed by atoms with E-state index >= 15 is 0 Å². The third kappa shape index (κ3) is 3.03. The number of aryl methyl sites for hydroxylation is 1. The second kappa shape index (κ2) is 5.41. The van der Waals surface area contributed by atoms with E-state index in [1.54, 1.807) is 14.0 Å². The van der Waals surface area contributed by atoms with Gasteiger partial charge in [0.15, 0.2) is 9.84 Å². The summed E-state index contributed by atoms with van der Waals surface area (Å²) < 4.78 is 24.4. The summed E-state index contributed by atoms with van der Waals surface area (Å²) in [5.74, 6) is -0.310. The van der Waals surface area contributed by atoms with Crippen LogP contribution in [0.25, 0.3) is 0 Å². The molecule has 0 unspecified atom stereocenters. The molecule has 8 nitrogen and oxygen atoms in total. The van der Waals surface area contributed by atoms with Gasteiger partial charge < -0.3 is 0 Å². The number of benzene rings is 1. The SMILES string of the molecule is Cc1c(C(=O)Nc2nnnn2C)ccc(S(C)(=O)=O)c1Cl. The molecule has 112 valence electrons. The van der Waals surface area contributed by atoms with E-state index in [1.165, 1.54) is 16.8 Å². The zero-order chi connectivity index (χ0) is 15.8. The number of hydrogen-bond donors (Lipinski definition) is 1. The number of nitrogens with zero attached hydrogens (tertiary/aromatic N) is 4. The van der Waals surface area contributed by atoms with Crippen molar-refractivity contribution in [2.75, 3.05) is 11.6 Å². The maximum Gasteiger partial charge on any atom is 0.258 e. The summed E-state index contributed by atoms with van der Waals surface area (Å²) in [4.78, 5) is 12.2. The van der Waals surface area contributed by atoms with Crippen LogP contribution in [0.4, 0.5) is 5.95 Å². The predicted molar refractivity (Wildman–Crippen MR) is 76.1 cm³/mol. The van der Waals surface area contributed by atoms with Gasteiger partial charge in [-0.15, -0.1) is 0 Å². The van der Waals surface area contributed by atoms with Crippen molar-refractivity contribution in [3.05, 3.63) is 28.3 Å². The van der Waals surface area contributed by atoms with E-state index in [1.807, 2.05) is 0 Å². The molecule has 0 saturated heterocycles. The number of aromatic nitrogens is 4. The molecule has 2 rings (SSSR count). The van der Waals surface area contributed by atoms with Gasteiger partial charge in [0.05, 0.1) is 9.92 Å². The fourth-order valence-electron chi connectivity index (χ4n) is 1.70. The third-order valence-electron chi connectivity index (χ3n) is 2.84. The molecule has 1 amide bonds. The molecule has 10 heteroatoms. The topological polar surface area (TPSA) is 107 Å². The van der Waals surface area contributed by atoms with Crippen LogP contribution in [0.1, 0.15) is 15.9 Å². The second-order valence-corrected chi connectivity index (χ2v) is 6.76. The van der Waals surface area contributed by atoms with Crippen molar-refractivity contribution in [2.24, 2.45) is 7.05 Å². The summed E-state index contributed by atoms with van der Waals surface area (Å²) in [6.07, 6.45) is 1.05. The van der Waals surface area contributed by atoms with Crippen molar-refractivity contribution in [1.82, 2.24) is 20.2 Å². The van der Waals surface area contributed by atoms with E-state index in [2.05, 4.69) is 20.8 Å². The van der Waals surface area contributed by atoms with E-state index in [-0.39, 0.29) is 21.4 Å². The van der Waals surface area contributed by atoms with Crippen molar-refractivity contribution >= 4 is 33.3 Å². The zero-order valence-corrected chi connectivity index (χ0v) is 13.0. The highest BCUT2D eigenvalue weighted by atomic mass is 35.5. The number of carbonyl (C=O) groups excluding carboxylic acids is 1. The molecular weight excluding hydrogens is 318 g/mol. The molecule has 0 aliphatic rings. The Morgan fingerprint density at radius 3 is 2.57 bits per heavy atom. The van der Waals surface area contributed by atoms with Crippen LogP contribution in [-0.4, -0.2) is 40.8 Å². The minimum Gasteiger partial charge on any atom is -0.289 e. The summed E-state index contributed by atoms with van der Waals surface area (Å²) in [5, 5.41) is 13.2. The van der Waals surface area contributed by atoms with E-state index < -0.39 is 15.7 Å². The fraction of sp³-hybridized carbons (Fsp3) is 0.273. The average Bonchev–Trinajstić information content (AvgIpc) is 2.76. The maximum absolute atomic E-state index is 12.2. The Bertz CT molecular complexity index is 815. The number of anilines is 1. The Hall–Kier alpha value is -2.00. The Balaban J connectivity index is 2.40. The molecule has 0 atom stereocenters. The third-order valence-corrected chi connectivity index (χ3v) is 4.58. The van der Waals surface area contributed by atoms with Gasteiger partial charge in [0.25, 0.3) is 5.91 Å². The standard InChI is InChI=1S/C11H12ClN5O3S/c1-6-7(4-5-8(9(6)12)21(3,19)20)10(18)13-11-14-15-16-17(11)2/h4-5H,1-3H3,(H,13,14,16,18). The van der Waals surface area contributed by atoms with Gasteiger partial charge >= 0.3 is 0 Å². The monoisotopic (exact) mass is 329 g/mol. The summed E-state index contributed by atoms with van der Waals surface area (Å²) in [7, 11) is -1.88. The van der Waals surface area contributed by atoms with E-state index in [0.717, 1.165) is 6.26 Å². The number of tetrazole rings is 1. The van der Waals surface area contributed by atoms with E-state index in [0.29, 0.717) is 5.56 Å². The second-order valence-electron chi connectivity index (χ2n) is 4.40. The molecule has 1 aromatic carbocycles. The lowest BCUT2D eigenvalue weighted by atomic mass is 10.1. The molecule has 1 heterocycles. The molecule has 0 aliphatic carbocycles. The molecule has 0 aliphatic heterocycles. The molecular formula is C11H12ClN5O3S. The Morgan fingerprint density at radius 1 is 1.38 bits per heavy atom. The van der Waals surface area contributed by atoms with Gasteiger partial charge in [-0.3, -0.25) is 10.1 Å².